The van der Waals surface area contributed by atoms with Crippen LogP contribution < -0.4 is 4.74 Å². The first-order valence-corrected chi connectivity index (χ1v) is 9.19. The third kappa shape index (κ3) is 3.80. The second-order valence-electron chi connectivity index (χ2n) is 6.09. The molecule has 2 aromatic carbocycles. The molecule has 0 saturated heterocycles. The van der Waals surface area contributed by atoms with Crippen LogP contribution in [0.4, 0.5) is 0 Å². The third-order valence-corrected chi connectivity index (χ3v) is 5.28. The fraction of sp³-hybridized carbons (Fsp3) is 0.250. The van der Waals surface area contributed by atoms with E-state index in [2.05, 4.69) is 10.2 Å². The Morgan fingerprint density at radius 1 is 1.15 bits per heavy atom. The van der Waals surface area contributed by atoms with E-state index in [1.54, 1.807) is 7.11 Å². The van der Waals surface area contributed by atoms with Crippen molar-refractivity contribution in [2.45, 2.75) is 24.3 Å². The minimum atomic E-state index is -0.251. The van der Waals surface area contributed by atoms with Crippen molar-refractivity contribution in [3.63, 3.8) is 0 Å². The van der Waals surface area contributed by atoms with Gasteiger partial charge in [-0.25, -0.2) is 0 Å². The molecule has 0 bridgehead atoms. The number of hydrogen-bond acceptors (Lipinski definition) is 5. The Balaban J connectivity index is 1.79. The van der Waals surface area contributed by atoms with Gasteiger partial charge >= 0.3 is 0 Å². The first kappa shape index (κ1) is 18.2. The molecule has 3 rings (SSSR count). The monoisotopic (exact) mass is 367 g/mol. The van der Waals surface area contributed by atoms with Gasteiger partial charge in [-0.05, 0) is 26.0 Å². The Morgan fingerprint density at radius 3 is 2.58 bits per heavy atom. The molecule has 0 aliphatic carbocycles. The molecular weight excluding hydrogens is 346 g/mol. The molecule has 1 aromatic heterocycles. The summed E-state index contributed by atoms with van der Waals surface area (Å²) in [5.74, 6) is 1.59. The van der Waals surface area contributed by atoms with E-state index in [1.807, 2.05) is 74.0 Å². The SMILES string of the molecule is COc1cccc(-c2nnc(S[C@H](C)C(=O)c3ccc(C)cc3)n2C)c1. The summed E-state index contributed by atoms with van der Waals surface area (Å²) in [5, 5.41) is 9.00. The standard InChI is InChI=1S/C20H21N3O2S/c1-13-8-10-15(11-9-13)18(24)14(2)26-20-22-21-19(23(20)3)16-6-5-7-17(12-16)25-4/h5-12,14H,1-4H3/t14-/m1/s1. The maximum atomic E-state index is 12.6. The lowest BCUT2D eigenvalue weighted by Crippen LogP contribution is -2.14. The maximum absolute atomic E-state index is 12.6. The highest BCUT2D eigenvalue weighted by molar-refractivity contribution is 8.00. The Bertz CT molecular complexity index is 919. The molecule has 5 nitrogen and oxygen atoms in total. The van der Waals surface area contributed by atoms with E-state index in [0.29, 0.717) is 10.7 Å². The van der Waals surface area contributed by atoms with Crippen LogP contribution in [-0.2, 0) is 7.05 Å². The van der Waals surface area contributed by atoms with Crippen molar-refractivity contribution < 1.29 is 9.53 Å². The van der Waals surface area contributed by atoms with Gasteiger partial charge in [0.05, 0.1) is 12.4 Å². The molecule has 0 N–H and O–H groups in total. The number of Topliss-reactive ketones (excluding diaryl/α,β-unsaturated/α-hetero) is 1. The number of ether oxygens (including phenoxy) is 1. The van der Waals surface area contributed by atoms with Crippen LogP contribution in [0.3, 0.4) is 0 Å². The number of carbonyl (C=O) groups is 1. The van der Waals surface area contributed by atoms with Crippen molar-refractivity contribution in [1.29, 1.82) is 0 Å². The van der Waals surface area contributed by atoms with Crippen LogP contribution in [0, 0.1) is 6.92 Å². The Labute approximate surface area is 157 Å². The van der Waals surface area contributed by atoms with Crippen molar-refractivity contribution in [3.05, 3.63) is 59.7 Å². The molecule has 3 aromatic rings. The zero-order valence-corrected chi connectivity index (χ0v) is 16.1. The van der Waals surface area contributed by atoms with Gasteiger partial charge < -0.3 is 9.30 Å². The van der Waals surface area contributed by atoms with Gasteiger partial charge in [0, 0.05) is 18.2 Å². The van der Waals surface area contributed by atoms with E-state index in [-0.39, 0.29) is 11.0 Å². The Kier molecular flexibility index (Phi) is 5.42. The summed E-state index contributed by atoms with van der Waals surface area (Å²) in [4.78, 5) is 12.6. The van der Waals surface area contributed by atoms with Crippen molar-refractivity contribution in [3.8, 4) is 17.1 Å². The van der Waals surface area contributed by atoms with E-state index < -0.39 is 0 Å². The highest BCUT2D eigenvalue weighted by Crippen LogP contribution is 2.28. The van der Waals surface area contributed by atoms with Crippen molar-refractivity contribution in [2.75, 3.05) is 7.11 Å². The zero-order valence-electron chi connectivity index (χ0n) is 15.3. The molecule has 0 saturated carbocycles. The summed E-state index contributed by atoms with van der Waals surface area (Å²) in [6.07, 6.45) is 0. The van der Waals surface area contributed by atoms with Gasteiger partial charge in [-0.1, -0.05) is 53.7 Å². The molecule has 1 atom stereocenters. The molecule has 0 spiro atoms. The quantitative estimate of drug-likeness (QED) is 0.484. The first-order chi connectivity index (χ1) is 12.5. The Morgan fingerprint density at radius 2 is 1.88 bits per heavy atom. The second kappa shape index (κ2) is 7.74. The zero-order chi connectivity index (χ0) is 18.7. The number of rotatable bonds is 6. The molecule has 1 heterocycles. The molecule has 0 radical (unpaired) electrons. The van der Waals surface area contributed by atoms with E-state index in [9.17, 15) is 4.79 Å². The van der Waals surface area contributed by atoms with Gasteiger partial charge in [0.25, 0.3) is 0 Å². The Hall–Kier alpha value is -2.60. The lowest BCUT2D eigenvalue weighted by molar-refractivity contribution is 0.0994. The lowest BCUT2D eigenvalue weighted by atomic mass is 10.1. The summed E-state index contributed by atoms with van der Waals surface area (Å²) < 4.78 is 7.17. The molecule has 0 unspecified atom stereocenters. The smallest absolute Gasteiger partial charge is 0.191 e. The van der Waals surface area contributed by atoms with Gasteiger partial charge in [-0.2, -0.15) is 0 Å². The van der Waals surface area contributed by atoms with Crippen LogP contribution >= 0.6 is 11.8 Å². The highest BCUT2D eigenvalue weighted by Gasteiger charge is 2.20. The largest absolute Gasteiger partial charge is 0.497 e. The van der Waals surface area contributed by atoms with Crippen molar-refractivity contribution >= 4 is 17.5 Å². The van der Waals surface area contributed by atoms with Crippen LogP contribution in [0.1, 0.15) is 22.8 Å². The van der Waals surface area contributed by atoms with E-state index in [0.717, 1.165) is 22.7 Å². The van der Waals surface area contributed by atoms with Crippen LogP contribution in [0.25, 0.3) is 11.4 Å². The van der Waals surface area contributed by atoms with Crippen molar-refractivity contribution in [1.82, 2.24) is 14.8 Å². The summed E-state index contributed by atoms with van der Waals surface area (Å²) >= 11 is 1.41. The number of aromatic nitrogens is 3. The molecule has 0 fully saturated rings. The van der Waals surface area contributed by atoms with Gasteiger partial charge in [0.1, 0.15) is 5.75 Å². The maximum Gasteiger partial charge on any atom is 0.191 e. The number of carbonyl (C=O) groups excluding carboxylic acids is 1. The number of aryl methyl sites for hydroxylation is 1. The highest BCUT2D eigenvalue weighted by atomic mass is 32.2. The third-order valence-electron chi connectivity index (χ3n) is 4.15. The minimum absolute atomic E-state index is 0.0842. The number of methoxy groups -OCH3 is 1. The summed E-state index contributed by atoms with van der Waals surface area (Å²) in [6, 6.07) is 15.3. The van der Waals surface area contributed by atoms with Crippen LogP contribution in [0.15, 0.2) is 53.7 Å². The number of thioether (sulfide) groups is 1. The van der Waals surface area contributed by atoms with E-state index >= 15 is 0 Å². The van der Waals surface area contributed by atoms with Gasteiger partial charge in [0.2, 0.25) is 0 Å². The van der Waals surface area contributed by atoms with Gasteiger partial charge in [-0.3, -0.25) is 4.79 Å². The van der Waals surface area contributed by atoms with Gasteiger partial charge in [0.15, 0.2) is 16.8 Å². The van der Waals surface area contributed by atoms with Crippen LogP contribution in [0.2, 0.25) is 0 Å². The molecular formula is C20H21N3O2S. The summed E-state index contributed by atoms with van der Waals surface area (Å²) in [5.41, 5.74) is 2.77. The minimum Gasteiger partial charge on any atom is -0.497 e. The van der Waals surface area contributed by atoms with Gasteiger partial charge in [-0.15, -0.1) is 10.2 Å². The number of nitrogens with zero attached hydrogens (tertiary/aromatic N) is 3. The number of ketones is 1. The normalized spacial score (nSPS) is 12.0. The first-order valence-electron chi connectivity index (χ1n) is 8.31. The van der Waals surface area contributed by atoms with E-state index in [1.165, 1.54) is 11.8 Å². The molecule has 0 aliphatic heterocycles. The fourth-order valence-corrected chi connectivity index (χ4v) is 3.49. The topological polar surface area (TPSA) is 57.0 Å². The second-order valence-corrected chi connectivity index (χ2v) is 7.40. The molecule has 26 heavy (non-hydrogen) atoms. The molecule has 0 amide bonds. The summed E-state index contributed by atoms with van der Waals surface area (Å²) in [6.45, 7) is 3.90. The van der Waals surface area contributed by atoms with Crippen molar-refractivity contribution in [2.24, 2.45) is 7.05 Å². The predicted molar refractivity (Wildman–Crippen MR) is 104 cm³/mol. The number of hydrogen-bond donors (Lipinski definition) is 0. The molecule has 6 heteroatoms. The van der Waals surface area contributed by atoms with Crippen LogP contribution in [-0.4, -0.2) is 32.9 Å². The van der Waals surface area contributed by atoms with Crippen LogP contribution in [0.5, 0.6) is 5.75 Å². The summed E-state index contributed by atoms with van der Waals surface area (Å²) in [7, 11) is 3.54. The average molecular weight is 367 g/mol. The van der Waals surface area contributed by atoms with E-state index in [4.69, 9.17) is 4.74 Å². The molecule has 134 valence electrons. The lowest BCUT2D eigenvalue weighted by Gasteiger charge is -2.10. The predicted octanol–water partition coefficient (Wildman–Crippen LogP) is 4.16. The number of benzene rings is 2. The molecule has 0 aliphatic rings. The average Bonchev–Trinajstić information content (AvgIpc) is 3.02. The fourth-order valence-electron chi connectivity index (χ4n) is 2.60.